The molecule has 8 heteroatoms. The number of hydrogen-bond acceptors (Lipinski definition) is 6. The summed E-state index contributed by atoms with van der Waals surface area (Å²) in [6, 6.07) is 9.34. The Balaban J connectivity index is 1.74. The lowest BCUT2D eigenvalue weighted by atomic mass is 10.2. The summed E-state index contributed by atoms with van der Waals surface area (Å²) in [5, 5.41) is 6.53. The van der Waals surface area contributed by atoms with E-state index in [1.165, 1.54) is 23.7 Å². The Hall–Kier alpha value is -3.00. The van der Waals surface area contributed by atoms with Crippen LogP contribution in [0.5, 0.6) is 11.6 Å². The van der Waals surface area contributed by atoms with Crippen LogP contribution in [-0.2, 0) is 6.54 Å². The van der Waals surface area contributed by atoms with Crippen LogP contribution < -0.4 is 15.4 Å². The third-order valence-corrected chi connectivity index (χ3v) is 4.57. The molecule has 3 rings (SSSR count). The predicted octanol–water partition coefficient (Wildman–Crippen LogP) is 3.75. The minimum absolute atomic E-state index is 0.218. The molecule has 1 aromatic carbocycles. The van der Waals surface area contributed by atoms with Gasteiger partial charge in [-0.2, -0.15) is 4.37 Å². The fourth-order valence-corrected chi connectivity index (χ4v) is 3.11. The number of anilines is 1. The summed E-state index contributed by atoms with van der Waals surface area (Å²) in [4.78, 5) is 16.7. The third kappa shape index (κ3) is 3.97. The van der Waals surface area contributed by atoms with Crippen LogP contribution in [0.3, 0.4) is 0 Å². The molecule has 0 aliphatic carbocycles. The van der Waals surface area contributed by atoms with E-state index in [4.69, 9.17) is 4.74 Å². The van der Waals surface area contributed by atoms with E-state index in [9.17, 15) is 9.18 Å². The van der Waals surface area contributed by atoms with Crippen LogP contribution in [0.4, 0.5) is 9.39 Å². The maximum absolute atomic E-state index is 13.3. The van der Waals surface area contributed by atoms with E-state index in [0.29, 0.717) is 33.5 Å². The van der Waals surface area contributed by atoms with Crippen molar-refractivity contribution in [3.63, 3.8) is 0 Å². The molecule has 0 bridgehead atoms. The van der Waals surface area contributed by atoms with Crippen molar-refractivity contribution >= 4 is 22.4 Å². The minimum Gasteiger partial charge on any atom is -0.439 e. The Bertz CT molecular complexity index is 929. The first-order valence-electron chi connectivity index (χ1n) is 7.88. The highest BCUT2D eigenvalue weighted by atomic mass is 32.1. The molecule has 2 aromatic heterocycles. The smallest absolute Gasteiger partial charge is 0.256 e. The highest BCUT2D eigenvalue weighted by Gasteiger charge is 2.18. The fourth-order valence-electron chi connectivity index (χ4n) is 2.36. The normalized spacial score (nSPS) is 10.4. The number of pyridine rings is 1. The van der Waals surface area contributed by atoms with Crippen molar-refractivity contribution in [3.8, 4) is 11.6 Å². The van der Waals surface area contributed by atoms with E-state index >= 15 is 0 Å². The molecule has 0 atom stereocenters. The molecular weight excluding hydrogens is 355 g/mol. The van der Waals surface area contributed by atoms with E-state index in [0.717, 1.165) is 0 Å². The zero-order chi connectivity index (χ0) is 18.5. The molecule has 3 aromatic rings. The first kappa shape index (κ1) is 17.8. The van der Waals surface area contributed by atoms with Gasteiger partial charge in [0.15, 0.2) is 0 Å². The molecule has 0 aliphatic rings. The number of aryl methyl sites for hydroxylation is 1. The van der Waals surface area contributed by atoms with Crippen LogP contribution in [0.25, 0.3) is 0 Å². The van der Waals surface area contributed by atoms with Gasteiger partial charge in [0, 0.05) is 31.4 Å². The number of halogens is 1. The Kier molecular flexibility index (Phi) is 5.43. The van der Waals surface area contributed by atoms with E-state index in [1.54, 1.807) is 44.4 Å². The number of carbonyl (C=O) groups excluding carboxylic acids is 1. The summed E-state index contributed by atoms with van der Waals surface area (Å²) in [5.41, 5.74) is 1.87. The molecule has 6 nitrogen and oxygen atoms in total. The van der Waals surface area contributed by atoms with Crippen molar-refractivity contribution in [2.45, 2.75) is 13.5 Å². The second kappa shape index (κ2) is 7.92. The number of nitrogens with zero attached hydrogens (tertiary/aromatic N) is 2. The maximum atomic E-state index is 13.3. The van der Waals surface area contributed by atoms with E-state index in [-0.39, 0.29) is 12.5 Å². The molecule has 0 fully saturated rings. The maximum Gasteiger partial charge on any atom is 0.256 e. The number of rotatable bonds is 6. The molecule has 134 valence electrons. The van der Waals surface area contributed by atoms with Crippen LogP contribution >= 0.6 is 11.5 Å². The molecule has 0 radical (unpaired) electrons. The summed E-state index contributed by atoms with van der Waals surface area (Å²) < 4.78 is 23.2. The summed E-state index contributed by atoms with van der Waals surface area (Å²) in [7, 11) is 1.75. The monoisotopic (exact) mass is 372 g/mol. The lowest BCUT2D eigenvalue weighted by Crippen LogP contribution is -2.24. The molecule has 26 heavy (non-hydrogen) atoms. The Morgan fingerprint density at radius 2 is 2.15 bits per heavy atom. The summed E-state index contributed by atoms with van der Waals surface area (Å²) in [5.74, 6) is 0.0218. The summed E-state index contributed by atoms with van der Waals surface area (Å²) >= 11 is 1.24. The van der Waals surface area contributed by atoms with E-state index < -0.39 is 5.82 Å². The second-order valence-electron chi connectivity index (χ2n) is 5.43. The number of nitrogens with one attached hydrogen (secondary N) is 2. The van der Waals surface area contributed by atoms with Gasteiger partial charge in [-0.3, -0.25) is 4.79 Å². The van der Waals surface area contributed by atoms with Gasteiger partial charge in [0.25, 0.3) is 5.91 Å². The zero-order valence-electron chi connectivity index (χ0n) is 14.2. The van der Waals surface area contributed by atoms with Gasteiger partial charge in [-0.05, 0) is 36.7 Å². The molecule has 0 aliphatic heterocycles. The minimum atomic E-state index is -0.395. The van der Waals surface area contributed by atoms with Gasteiger partial charge in [-0.15, -0.1) is 0 Å². The van der Waals surface area contributed by atoms with Gasteiger partial charge in [0.2, 0.25) is 5.88 Å². The number of aromatic nitrogens is 2. The number of ether oxygens (including phenoxy) is 1. The first-order chi connectivity index (χ1) is 12.6. The molecule has 2 heterocycles. The molecule has 1 amide bonds. The Morgan fingerprint density at radius 3 is 2.92 bits per heavy atom. The van der Waals surface area contributed by atoms with Crippen LogP contribution in [0, 0.1) is 12.7 Å². The largest absolute Gasteiger partial charge is 0.439 e. The average molecular weight is 372 g/mol. The van der Waals surface area contributed by atoms with E-state index in [1.807, 2.05) is 0 Å². The second-order valence-corrected chi connectivity index (χ2v) is 6.21. The van der Waals surface area contributed by atoms with Crippen LogP contribution in [0.1, 0.15) is 21.6 Å². The lowest BCUT2D eigenvalue weighted by Gasteiger charge is -2.11. The van der Waals surface area contributed by atoms with Gasteiger partial charge in [-0.25, -0.2) is 9.37 Å². The molecule has 0 saturated carbocycles. The van der Waals surface area contributed by atoms with Gasteiger partial charge in [0.1, 0.15) is 16.6 Å². The fraction of sp³-hybridized carbons (Fsp3) is 0.167. The van der Waals surface area contributed by atoms with Crippen molar-refractivity contribution in [1.29, 1.82) is 0 Å². The number of carbonyl (C=O) groups is 1. The summed E-state index contributed by atoms with van der Waals surface area (Å²) in [6.07, 6.45) is 1.58. The Labute approximate surface area is 154 Å². The standard InChI is InChI=1S/C18H17FN4O2S/c1-11-15(18(20-2)26-23-11)16(24)22-10-12-5-4-8-21-17(12)25-14-7-3-6-13(19)9-14/h3-9,20H,10H2,1-2H3,(H,22,24). The number of benzene rings is 1. The third-order valence-electron chi connectivity index (χ3n) is 3.62. The number of amides is 1. The quantitative estimate of drug-likeness (QED) is 0.689. The lowest BCUT2D eigenvalue weighted by molar-refractivity contribution is 0.0951. The molecule has 2 N–H and O–H groups in total. The topological polar surface area (TPSA) is 76.1 Å². The zero-order valence-corrected chi connectivity index (χ0v) is 15.1. The SMILES string of the molecule is CNc1snc(C)c1C(=O)NCc1cccnc1Oc1cccc(F)c1. The van der Waals surface area contributed by atoms with Crippen molar-refractivity contribution in [1.82, 2.24) is 14.7 Å². The van der Waals surface area contributed by atoms with Crippen LogP contribution in [0.15, 0.2) is 42.6 Å². The molecule has 0 unspecified atom stereocenters. The van der Waals surface area contributed by atoms with Crippen molar-refractivity contribution in [3.05, 3.63) is 65.2 Å². The molecular formula is C18H17FN4O2S. The Morgan fingerprint density at radius 1 is 1.31 bits per heavy atom. The number of hydrogen-bond donors (Lipinski definition) is 2. The highest BCUT2D eigenvalue weighted by molar-refractivity contribution is 7.10. The average Bonchev–Trinajstić information content (AvgIpc) is 3.01. The van der Waals surface area contributed by atoms with E-state index in [2.05, 4.69) is 20.0 Å². The molecule has 0 saturated heterocycles. The van der Waals surface area contributed by atoms with Gasteiger partial charge < -0.3 is 15.4 Å². The summed E-state index contributed by atoms with van der Waals surface area (Å²) in [6.45, 7) is 2.00. The van der Waals surface area contributed by atoms with Gasteiger partial charge in [-0.1, -0.05) is 12.1 Å². The van der Waals surface area contributed by atoms with Crippen LogP contribution in [-0.4, -0.2) is 22.3 Å². The van der Waals surface area contributed by atoms with Gasteiger partial charge in [0.05, 0.1) is 11.3 Å². The first-order valence-corrected chi connectivity index (χ1v) is 8.65. The van der Waals surface area contributed by atoms with Crippen molar-refractivity contribution < 1.29 is 13.9 Å². The van der Waals surface area contributed by atoms with Gasteiger partial charge >= 0.3 is 0 Å². The van der Waals surface area contributed by atoms with Crippen molar-refractivity contribution in [2.24, 2.45) is 0 Å². The van der Waals surface area contributed by atoms with Crippen LogP contribution in [0.2, 0.25) is 0 Å². The predicted molar refractivity (Wildman–Crippen MR) is 98.3 cm³/mol. The van der Waals surface area contributed by atoms with Crippen molar-refractivity contribution in [2.75, 3.05) is 12.4 Å². The highest BCUT2D eigenvalue weighted by Crippen LogP contribution is 2.25. The molecule has 0 spiro atoms.